The molecule has 158 valence electrons. The molecule has 0 radical (unpaired) electrons. The molecule has 0 saturated heterocycles. The lowest BCUT2D eigenvalue weighted by atomic mass is 10.00. The Kier molecular flexibility index (Phi) is 7.46. The van der Waals surface area contributed by atoms with Crippen molar-refractivity contribution in [2.24, 2.45) is 0 Å². The Hall–Kier alpha value is -3.57. The van der Waals surface area contributed by atoms with Crippen LogP contribution in [0.5, 0.6) is 11.5 Å². The summed E-state index contributed by atoms with van der Waals surface area (Å²) in [5, 5.41) is 13.2. The topological polar surface area (TPSA) is 75.6 Å². The van der Waals surface area contributed by atoms with E-state index in [1.807, 2.05) is 30.3 Å². The molecule has 0 bridgehead atoms. The number of rotatable bonds is 8. The molecule has 6 heteroatoms. The summed E-state index contributed by atoms with van der Waals surface area (Å²) < 4.78 is 5.14. The summed E-state index contributed by atoms with van der Waals surface area (Å²) in [7, 11) is 1.44. The number of carbonyl (C=O) groups excluding carboxylic acids is 2. The fraction of sp³-hybridized carbons (Fsp3) is 0.120. The van der Waals surface area contributed by atoms with Crippen LogP contribution in [0.4, 0.5) is 0 Å². The molecule has 5 nitrogen and oxygen atoms in total. The van der Waals surface area contributed by atoms with E-state index in [1.165, 1.54) is 13.2 Å². The van der Waals surface area contributed by atoms with Crippen LogP contribution in [0.25, 0.3) is 6.08 Å². The molecule has 3 aromatic carbocycles. The van der Waals surface area contributed by atoms with E-state index >= 15 is 0 Å². The molecule has 3 rings (SSSR count). The number of nitrogens with one attached hydrogen (secondary N) is 1. The number of aromatic hydroxyl groups is 1. The summed E-state index contributed by atoms with van der Waals surface area (Å²) in [4.78, 5) is 25.7. The third-order valence-electron chi connectivity index (χ3n) is 4.65. The monoisotopic (exact) mass is 435 g/mol. The van der Waals surface area contributed by atoms with E-state index in [0.29, 0.717) is 28.3 Å². The van der Waals surface area contributed by atoms with Crippen LogP contribution in [0.15, 0.2) is 78.4 Å². The zero-order valence-electron chi connectivity index (χ0n) is 17.0. The summed E-state index contributed by atoms with van der Waals surface area (Å²) in [6, 6.07) is 20.8. The molecular weight excluding hydrogens is 414 g/mol. The van der Waals surface area contributed by atoms with Gasteiger partial charge in [-0.2, -0.15) is 0 Å². The SMILES string of the molecule is COc1cc(/C=C(\CC(=O)c2ccc(Cl)cc2)C(=O)NCc2ccccc2)ccc1O. The number of carbonyl (C=O) groups is 2. The molecule has 0 saturated carbocycles. The molecule has 31 heavy (non-hydrogen) atoms. The number of methoxy groups -OCH3 is 1. The van der Waals surface area contributed by atoms with Crippen molar-refractivity contribution in [2.75, 3.05) is 7.11 Å². The molecule has 0 fully saturated rings. The molecule has 2 N–H and O–H groups in total. The van der Waals surface area contributed by atoms with Gasteiger partial charge in [-0.3, -0.25) is 9.59 Å². The minimum absolute atomic E-state index is 0.00744. The number of ether oxygens (including phenoxy) is 1. The summed E-state index contributed by atoms with van der Waals surface area (Å²) in [5.41, 5.74) is 2.34. The summed E-state index contributed by atoms with van der Waals surface area (Å²) >= 11 is 5.90. The average Bonchev–Trinajstić information content (AvgIpc) is 2.79. The molecule has 0 unspecified atom stereocenters. The van der Waals surface area contributed by atoms with Crippen molar-refractivity contribution in [1.82, 2.24) is 5.32 Å². The first-order chi connectivity index (χ1) is 15.0. The molecule has 3 aromatic rings. The van der Waals surface area contributed by atoms with Gasteiger partial charge in [0.2, 0.25) is 5.91 Å². The van der Waals surface area contributed by atoms with Crippen molar-refractivity contribution in [3.63, 3.8) is 0 Å². The van der Waals surface area contributed by atoms with Crippen molar-refractivity contribution < 1.29 is 19.4 Å². The highest BCUT2D eigenvalue weighted by Crippen LogP contribution is 2.27. The first-order valence-corrected chi connectivity index (χ1v) is 10.0. The molecule has 0 aromatic heterocycles. The fourth-order valence-electron chi connectivity index (χ4n) is 2.98. The predicted octanol–water partition coefficient (Wildman–Crippen LogP) is 5.03. The van der Waals surface area contributed by atoms with Crippen molar-refractivity contribution in [3.05, 3.63) is 100 Å². The lowest BCUT2D eigenvalue weighted by Crippen LogP contribution is -2.25. The van der Waals surface area contributed by atoms with Crippen LogP contribution in [0.1, 0.15) is 27.9 Å². The quantitative estimate of drug-likeness (QED) is 0.384. The van der Waals surface area contributed by atoms with Crippen LogP contribution in [0, 0.1) is 0 Å². The maximum absolute atomic E-state index is 12.9. The van der Waals surface area contributed by atoms with Gasteiger partial charge < -0.3 is 15.2 Å². The Morgan fingerprint density at radius 2 is 1.74 bits per heavy atom. The van der Waals surface area contributed by atoms with Gasteiger partial charge in [0.1, 0.15) is 0 Å². The van der Waals surface area contributed by atoms with E-state index in [4.69, 9.17) is 16.3 Å². The fourth-order valence-corrected chi connectivity index (χ4v) is 3.11. The zero-order chi connectivity index (χ0) is 22.2. The zero-order valence-corrected chi connectivity index (χ0v) is 17.7. The largest absolute Gasteiger partial charge is 0.504 e. The Bertz CT molecular complexity index is 1090. The normalized spacial score (nSPS) is 11.1. The van der Waals surface area contributed by atoms with Gasteiger partial charge in [0.15, 0.2) is 17.3 Å². The number of ketones is 1. The maximum Gasteiger partial charge on any atom is 0.247 e. The molecule has 0 heterocycles. The van der Waals surface area contributed by atoms with Crippen molar-refractivity contribution in [2.45, 2.75) is 13.0 Å². The maximum atomic E-state index is 12.9. The molecule has 0 aliphatic carbocycles. The highest BCUT2D eigenvalue weighted by atomic mass is 35.5. The number of halogens is 1. The minimum Gasteiger partial charge on any atom is -0.504 e. The van der Waals surface area contributed by atoms with E-state index < -0.39 is 0 Å². The average molecular weight is 436 g/mol. The smallest absolute Gasteiger partial charge is 0.247 e. The van der Waals surface area contributed by atoms with Gasteiger partial charge in [-0.15, -0.1) is 0 Å². The van der Waals surface area contributed by atoms with Crippen LogP contribution < -0.4 is 10.1 Å². The van der Waals surface area contributed by atoms with Crippen molar-refractivity contribution in [3.8, 4) is 11.5 Å². The van der Waals surface area contributed by atoms with Gasteiger partial charge in [0, 0.05) is 29.1 Å². The lowest BCUT2D eigenvalue weighted by molar-refractivity contribution is -0.117. The number of hydrogen-bond donors (Lipinski definition) is 2. The standard InChI is InChI=1S/C25H22ClNO4/c1-31-24-14-18(7-12-22(24)28)13-20(15-23(29)19-8-10-21(26)11-9-19)25(30)27-16-17-5-3-2-4-6-17/h2-14,28H,15-16H2,1H3,(H,27,30)/b20-13+. The molecular formula is C25H22ClNO4. The van der Waals surface area contributed by atoms with E-state index in [-0.39, 0.29) is 29.6 Å². The van der Waals surface area contributed by atoms with E-state index in [1.54, 1.807) is 42.5 Å². The molecule has 0 aliphatic heterocycles. The Morgan fingerprint density at radius 1 is 1.03 bits per heavy atom. The summed E-state index contributed by atoms with van der Waals surface area (Å²) in [6.45, 7) is 0.338. The first kappa shape index (κ1) is 22.1. The first-order valence-electron chi connectivity index (χ1n) is 9.64. The van der Waals surface area contributed by atoms with Crippen LogP contribution in [0.2, 0.25) is 5.02 Å². The highest BCUT2D eigenvalue weighted by molar-refractivity contribution is 6.30. The molecule has 1 amide bonds. The van der Waals surface area contributed by atoms with Crippen LogP contribution in [-0.2, 0) is 11.3 Å². The van der Waals surface area contributed by atoms with Gasteiger partial charge in [0.05, 0.1) is 7.11 Å². The summed E-state index contributed by atoms with van der Waals surface area (Å²) in [5.74, 6) is -0.282. The van der Waals surface area contributed by atoms with Crippen molar-refractivity contribution >= 4 is 29.4 Å². The molecule has 0 atom stereocenters. The van der Waals surface area contributed by atoms with Gasteiger partial charge in [0.25, 0.3) is 0 Å². The number of phenolic OH excluding ortho intramolecular Hbond substituents is 1. The van der Waals surface area contributed by atoms with Gasteiger partial charge in [-0.1, -0.05) is 48.0 Å². The van der Waals surface area contributed by atoms with Crippen LogP contribution in [-0.4, -0.2) is 23.9 Å². The third-order valence-corrected chi connectivity index (χ3v) is 4.90. The van der Waals surface area contributed by atoms with Gasteiger partial charge >= 0.3 is 0 Å². The Balaban J connectivity index is 1.86. The van der Waals surface area contributed by atoms with E-state index in [0.717, 1.165) is 5.56 Å². The minimum atomic E-state index is -0.349. The number of amides is 1. The van der Waals surface area contributed by atoms with Gasteiger partial charge in [-0.25, -0.2) is 0 Å². The number of phenols is 1. The second-order valence-electron chi connectivity index (χ2n) is 6.88. The molecule has 0 aliphatic rings. The second-order valence-corrected chi connectivity index (χ2v) is 7.31. The predicted molar refractivity (Wildman–Crippen MR) is 121 cm³/mol. The lowest BCUT2D eigenvalue weighted by Gasteiger charge is -2.10. The Morgan fingerprint density at radius 3 is 2.42 bits per heavy atom. The highest BCUT2D eigenvalue weighted by Gasteiger charge is 2.16. The van der Waals surface area contributed by atoms with Crippen LogP contribution in [0.3, 0.4) is 0 Å². The number of Topliss-reactive ketones (excluding diaryl/α,β-unsaturated/α-hetero) is 1. The second kappa shape index (κ2) is 10.5. The number of hydrogen-bond acceptors (Lipinski definition) is 4. The van der Waals surface area contributed by atoms with Crippen molar-refractivity contribution in [1.29, 1.82) is 0 Å². The summed E-state index contributed by atoms with van der Waals surface area (Å²) in [6.07, 6.45) is 1.53. The van der Waals surface area contributed by atoms with Crippen LogP contribution >= 0.6 is 11.6 Å². The Labute approximate surface area is 185 Å². The number of benzene rings is 3. The van der Waals surface area contributed by atoms with E-state index in [9.17, 15) is 14.7 Å². The molecule has 0 spiro atoms. The van der Waals surface area contributed by atoms with Gasteiger partial charge in [-0.05, 0) is 53.6 Å². The van der Waals surface area contributed by atoms with E-state index in [2.05, 4.69) is 5.32 Å². The third kappa shape index (κ3) is 6.20.